The van der Waals surface area contributed by atoms with Crippen molar-refractivity contribution in [1.29, 1.82) is 0 Å². The van der Waals surface area contributed by atoms with Crippen LogP contribution in [0.1, 0.15) is 65.2 Å². The highest BCUT2D eigenvalue weighted by atomic mass is 16.7. The minimum Gasteiger partial charge on any atom is -0.547 e. The van der Waals surface area contributed by atoms with Gasteiger partial charge in [0.05, 0.1) is 48.7 Å². The Labute approximate surface area is 270 Å². The molecule has 0 aromatic carbocycles. The second-order valence-corrected chi connectivity index (χ2v) is 14.5. The van der Waals surface area contributed by atoms with Gasteiger partial charge in [0.25, 0.3) is 0 Å². The molecule has 3 heterocycles. The molecule has 258 valence electrons. The van der Waals surface area contributed by atoms with Gasteiger partial charge in [0.1, 0.15) is 30.9 Å². The van der Waals surface area contributed by atoms with Crippen molar-refractivity contribution in [2.45, 2.75) is 119 Å². The minimum absolute atomic E-state index is 0.0338. The Balaban J connectivity index is 1.28. The number of carbonyl (C=O) groups is 2. The molecule has 2 aliphatic carbocycles. The SMILES string of the molecule is CC(C)C(C[NH2+]CC1(O)C(OC2CCC3C(C2)[OH+]CC(C2CCC(O)CC2)C3O)OC(C(=O)[O-])C(O)C1(O)C=O)CC1=C[CH+]N=C1. The molecule has 11 atom stereocenters. The number of allylic oxidation sites excluding steroid dienone is 1. The van der Waals surface area contributed by atoms with E-state index in [0.717, 1.165) is 37.7 Å². The highest BCUT2D eigenvalue weighted by Gasteiger charge is 2.68. The monoisotopic (exact) mass is 652 g/mol. The zero-order valence-electron chi connectivity index (χ0n) is 26.8. The molecule has 0 aromatic rings. The Morgan fingerprint density at radius 3 is 2.57 bits per heavy atom. The summed E-state index contributed by atoms with van der Waals surface area (Å²) in [6.45, 7) is 6.51. The van der Waals surface area contributed by atoms with E-state index in [1.807, 2.05) is 6.08 Å². The van der Waals surface area contributed by atoms with Crippen LogP contribution in [0.15, 0.2) is 16.6 Å². The molecule has 4 fully saturated rings. The molecule has 46 heavy (non-hydrogen) atoms. The number of aldehydes is 1. The third kappa shape index (κ3) is 7.08. The quantitative estimate of drug-likeness (QED) is 0.0740. The summed E-state index contributed by atoms with van der Waals surface area (Å²) in [5.74, 6) is -1.20. The van der Waals surface area contributed by atoms with Crippen LogP contribution in [-0.2, 0) is 19.1 Å². The highest BCUT2D eigenvalue weighted by molar-refractivity contribution is 5.82. The first-order chi connectivity index (χ1) is 21.9. The summed E-state index contributed by atoms with van der Waals surface area (Å²) in [6, 6.07) is 0. The van der Waals surface area contributed by atoms with Gasteiger partial charge in [0.15, 0.2) is 37.1 Å². The van der Waals surface area contributed by atoms with Crippen molar-refractivity contribution in [1.82, 2.24) is 0 Å². The van der Waals surface area contributed by atoms with Crippen molar-refractivity contribution < 1.29 is 59.8 Å². The van der Waals surface area contributed by atoms with E-state index in [1.54, 1.807) is 18.1 Å². The molecular formula is C33H52N2O11+2. The summed E-state index contributed by atoms with van der Waals surface area (Å²) < 4.78 is 16.7. The molecule has 3 aliphatic heterocycles. The van der Waals surface area contributed by atoms with Gasteiger partial charge in [-0.05, 0) is 50.4 Å². The van der Waals surface area contributed by atoms with Crippen LogP contribution in [-0.4, -0.2) is 123 Å². The standard InChI is InChI=1S/C33H50N2O11/c1-18(2)21(11-19-9-10-34-13-19)14-35-16-32(42)31(46-28(30(40)41)29(39)33(32,43)17-36)45-23-7-8-24-26(12-23)44-15-25(27(24)38)20-3-5-22(37)6-4-20/h9-10,13,17-18,20-29,31,35,37-39,42-43H,3-8,11-12,14-16H2,1-2H3/p+2. The van der Waals surface area contributed by atoms with Crippen molar-refractivity contribution in [3.05, 3.63) is 18.2 Å². The third-order valence-electron chi connectivity index (χ3n) is 11.4. The number of ether oxygens (including phenoxy) is 3. The molecule has 5 rings (SSSR count). The molecule has 0 spiro atoms. The van der Waals surface area contributed by atoms with Gasteiger partial charge >= 0.3 is 0 Å². The van der Waals surface area contributed by atoms with Gasteiger partial charge in [-0.3, -0.25) is 4.79 Å². The number of hydrogen-bond donors (Lipinski definition) is 6. The zero-order chi connectivity index (χ0) is 33.2. The molecular weight excluding hydrogens is 600 g/mol. The molecule has 0 bridgehead atoms. The number of aliphatic hydroxyl groups excluding tert-OH is 3. The molecule has 13 heteroatoms. The molecule has 2 saturated heterocycles. The lowest BCUT2D eigenvalue weighted by Gasteiger charge is -2.53. The number of nitrogens with two attached hydrogens (primary N) is 1. The van der Waals surface area contributed by atoms with E-state index in [4.69, 9.17) is 14.2 Å². The summed E-state index contributed by atoms with van der Waals surface area (Å²) in [7, 11) is 0. The van der Waals surface area contributed by atoms with Gasteiger partial charge < -0.3 is 55.0 Å². The van der Waals surface area contributed by atoms with Crippen molar-refractivity contribution in [3.8, 4) is 0 Å². The van der Waals surface area contributed by atoms with Gasteiger partial charge in [-0.1, -0.05) is 13.8 Å². The van der Waals surface area contributed by atoms with Gasteiger partial charge in [0.2, 0.25) is 5.60 Å². The van der Waals surface area contributed by atoms with Crippen LogP contribution in [0, 0.1) is 36.1 Å². The summed E-state index contributed by atoms with van der Waals surface area (Å²) >= 11 is 0. The lowest BCUT2D eigenvalue weighted by Crippen LogP contribution is -2.95. The average molecular weight is 653 g/mol. The number of aliphatic imine (C=N–C) groups is 1. The largest absolute Gasteiger partial charge is 0.547 e. The lowest BCUT2D eigenvalue weighted by molar-refractivity contribution is -0.682. The Hall–Kier alpha value is -1.94. The van der Waals surface area contributed by atoms with E-state index < -0.39 is 47.9 Å². The first-order valence-corrected chi connectivity index (χ1v) is 16.9. The Morgan fingerprint density at radius 1 is 1.20 bits per heavy atom. The van der Waals surface area contributed by atoms with Crippen LogP contribution in [0.4, 0.5) is 0 Å². The van der Waals surface area contributed by atoms with Crippen LogP contribution in [0.25, 0.3) is 0 Å². The summed E-state index contributed by atoms with van der Waals surface area (Å²) in [4.78, 5) is 28.4. The van der Waals surface area contributed by atoms with E-state index in [9.17, 15) is 40.2 Å². The second-order valence-electron chi connectivity index (χ2n) is 14.5. The first kappa shape index (κ1) is 35.4. The number of aliphatic hydroxyl groups is 7. The van der Waals surface area contributed by atoms with Crippen molar-refractivity contribution >= 4 is 18.5 Å². The molecule has 0 aromatic heterocycles. The Bertz CT molecular complexity index is 1130. The van der Waals surface area contributed by atoms with E-state index in [0.29, 0.717) is 38.3 Å². The van der Waals surface area contributed by atoms with Crippen molar-refractivity contribution in [3.63, 3.8) is 0 Å². The van der Waals surface area contributed by atoms with Gasteiger partial charge in [-0.2, -0.15) is 0 Å². The fourth-order valence-corrected chi connectivity index (χ4v) is 8.29. The lowest BCUT2D eigenvalue weighted by atomic mass is 9.69. The minimum atomic E-state index is -2.93. The van der Waals surface area contributed by atoms with Crippen LogP contribution < -0.4 is 10.4 Å². The summed E-state index contributed by atoms with van der Waals surface area (Å²) in [6.07, 6.45) is 1.15. The van der Waals surface area contributed by atoms with E-state index >= 15 is 0 Å². The van der Waals surface area contributed by atoms with Gasteiger partial charge in [0, 0.05) is 18.8 Å². The van der Waals surface area contributed by atoms with Crippen LogP contribution in [0.5, 0.6) is 0 Å². The molecule has 11 unspecified atom stereocenters. The van der Waals surface area contributed by atoms with E-state index in [-0.39, 0.29) is 48.7 Å². The molecule has 2 saturated carbocycles. The number of nitrogens with zero attached hydrogens (tertiary/aromatic N) is 1. The van der Waals surface area contributed by atoms with Crippen molar-refractivity contribution in [2.75, 3.05) is 19.7 Å². The van der Waals surface area contributed by atoms with Crippen molar-refractivity contribution in [2.24, 2.45) is 34.6 Å². The molecule has 0 amide bonds. The molecule has 8 N–H and O–H groups in total. The number of carbonyl (C=O) groups excluding carboxylic acids is 2. The number of carboxylic acid groups (broad SMARTS) is 1. The fraction of sp³-hybridized carbons (Fsp3) is 0.818. The number of rotatable bonds is 12. The number of quaternary nitrogens is 1. The second kappa shape index (κ2) is 14.7. The maximum atomic E-state index is 12.4. The maximum Gasteiger partial charge on any atom is 0.203 e. The molecule has 0 radical (unpaired) electrons. The number of fused-ring (bicyclic) bond motifs is 1. The van der Waals surface area contributed by atoms with Crippen LogP contribution in [0.2, 0.25) is 0 Å². The number of hydrogen-bond acceptors (Lipinski definition) is 11. The maximum absolute atomic E-state index is 12.4. The predicted octanol–water partition coefficient (Wildman–Crippen LogP) is -2.49. The summed E-state index contributed by atoms with van der Waals surface area (Å²) in [5.41, 5.74) is -4.38. The number of carboxylic acids is 1. The van der Waals surface area contributed by atoms with Gasteiger partial charge in [-0.25, -0.2) is 0 Å². The molecule has 13 nitrogen and oxygen atoms in total. The smallest absolute Gasteiger partial charge is 0.203 e. The van der Waals surface area contributed by atoms with Gasteiger partial charge in [-0.15, -0.1) is 4.99 Å². The topological polar surface area (TPSA) is 219 Å². The zero-order valence-corrected chi connectivity index (χ0v) is 26.8. The fourth-order valence-electron chi connectivity index (χ4n) is 8.29. The Kier molecular flexibility index (Phi) is 11.3. The first-order valence-electron chi connectivity index (χ1n) is 16.9. The highest BCUT2D eigenvalue weighted by Crippen LogP contribution is 2.44. The van der Waals surface area contributed by atoms with Crippen LogP contribution in [0.3, 0.4) is 0 Å². The summed E-state index contributed by atoms with van der Waals surface area (Å²) in [5, 5.41) is 69.1. The van der Waals surface area contributed by atoms with E-state index in [2.05, 4.69) is 18.8 Å². The number of aliphatic carboxylic acids is 1. The van der Waals surface area contributed by atoms with Crippen LogP contribution >= 0.6 is 0 Å². The predicted molar refractivity (Wildman–Crippen MR) is 162 cm³/mol. The normalized spacial score (nSPS) is 43.4. The molecule has 5 aliphatic rings. The Morgan fingerprint density at radius 2 is 1.93 bits per heavy atom. The third-order valence-corrected chi connectivity index (χ3v) is 11.4. The van der Waals surface area contributed by atoms with E-state index in [1.165, 1.54) is 0 Å². The average Bonchev–Trinajstić information content (AvgIpc) is 3.55.